The molecule has 0 spiro atoms. The third kappa shape index (κ3) is 1.12. The highest BCUT2D eigenvalue weighted by Gasteiger charge is 2.11. The maximum atomic E-state index is 11.6. The molecule has 0 fully saturated rings. The molecule has 0 aliphatic heterocycles. The number of rotatable bonds is 1. The molecule has 0 aromatic carbocycles. The Hall–Kier alpha value is -1.69. The highest BCUT2D eigenvalue weighted by molar-refractivity contribution is 5.34. The molecular formula is C8H11N5O. The fourth-order valence-electron chi connectivity index (χ4n) is 1.30. The van der Waals surface area contributed by atoms with E-state index in [1.165, 1.54) is 4.57 Å². The van der Waals surface area contributed by atoms with Gasteiger partial charge in [-0.1, -0.05) is 0 Å². The third-order valence-corrected chi connectivity index (χ3v) is 2.08. The summed E-state index contributed by atoms with van der Waals surface area (Å²) < 4.78 is 3.07. The molecule has 0 saturated carbocycles. The van der Waals surface area contributed by atoms with Crippen LogP contribution in [0.1, 0.15) is 18.8 Å². The topological polar surface area (TPSA) is 78.2 Å². The van der Waals surface area contributed by atoms with Crippen molar-refractivity contribution < 1.29 is 0 Å². The summed E-state index contributed by atoms with van der Waals surface area (Å²) in [6.45, 7) is 1.80. The van der Waals surface area contributed by atoms with Crippen LogP contribution in [-0.2, 0) is 7.05 Å². The molecule has 14 heavy (non-hydrogen) atoms. The summed E-state index contributed by atoms with van der Waals surface area (Å²) in [5.74, 6) is 0.595. The van der Waals surface area contributed by atoms with Crippen LogP contribution >= 0.6 is 0 Å². The van der Waals surface area contributed by atoms with Crippen molar-refractivity contribution in [2.75, 3.05) is 0 Å². The molecule has 2 aromatic heterocycles. The first-order valence-corrected chi connectivity index (χ1v) is 4.27. The summed E-state index contributed by atoms with van der Waals surface area (Å²) in [6.07, 6.45) is 3.39. The molecule has 0 amide bonds. The monoisotopic (exact) mass is 193 g/mol. The minimum atomic E-state index is -0.239. The summed E-state index contributed by atoms with van der Waals surface area (Å²) in [5, 5.41) is 7.67. The van der Waals surface area contributed by atoms with Crippen LogP contribution in [-0.4, -0.2) is 19.2 Å². The number of nitrogens with two attached hydrogens (primary N) is 1. The zero-order valence-electron chi connectivity index (χ0n) is 8.01. The van der Waals surface area contributed by atoms with Crippen LogP contribution in [0.2, 0.25) is 0 Å². The summed E-state index contributed by atoms with van der Waals surface area (Å²) in [6, 6.07) is -0.239. The highest BCUT2D eigenvalue weighted by atomic mass is 16.1. The van der Waals surface area contributed by atoms with E-state index in [4.69, 9.17) is 5.73 Å². The summed E-state index contributed by atoms with van der Waals surface area (Å²) >= 11 is 0. The Bertz CT molecular complexity index is 524. The lowest BCUT2D eigenvalue weighted by atomic mass is 10.3. The third-order valence-electron chi connectivity index (χ3n) is 2.08. The molecule has 2 aromatic rings. The Balaban J connectivity index is 2.84. The summed E-state index contributed by atoms with van der Waals surface area (Å²) in [5.41, 5.74) is 5.81. The lowest BCUT2D eigenvalue weighted by molar-refractivity contribution is 0.721. The number of aromatic nitrogens is 4. The van der Waals surface area contributed by atoms with E-state index in [9.17, 15) is 4.79 Å². The minimum Gasteiger partial charge on any atom is -0.322 e. The minimum absolute atomic E-state index is 0.174. The van der Waals surface area contributed by atoms with Crippen molar-refractivity contribution in [1.29, 1.82) is 0 Å². The number of hydrogen-bond donors (Lipinski definition) is 1. The van der Waals surface area contributed by atoms with Gasteiger partial charge in [0, 0.05) is 19.4 Å². The maximum Gasteiger partial charge on any atom is 0.295 e. The predicted octanol–water partition coefficient (Wildman–Crippen LogP) is -0.552. The molecule has 2 N–H and O–H groups in total. The molecule has 0 radical (unpaired) electrons. The van der Waals surface area contributed by atoms with Crippen LogP contribution in [0.15, 0.2) is 17.2 Å². The molecule has 0 saturated heterocycles. The van der Waals surface area contributed by atoms with Crippen LogP contribution in [0, 0.1) is 0 Å². The van der Waals surface area contributed by atoms with E-state index in [1.54, 1.807) is 30.8 Å². The second-order valence-electron chi connectivity index (χ2n) is 3.25. The summed E-state index contributed by atoms with van der Waals surface area (Å²) in [7, 11) is 1.67. The van der Waals surface area contributed by atoms with E-state index < -0.39 is 0 Å². The van der Waals surface area contributed by atoms with Gasteiger partial charge in [-0.25, -0.2) is 0 Å². The van der Waals surface area contributed by atoms with Crippen molar-refractivity contribution in [3.05, 3.63) is 28.6 Å². The predicted molar refractivity (Wildman–Crippen MR) is 50.8 cm³/mol. The fraction of sp³-hybridized carbons (Fsp3) is 0.375. The lowest BCUT2D eigenvalue weighted by Crippen LogP contribution is -2.19. The SMILES string of the molecule is C[C@H](N)c1nnc2c(=O)n(C)ccn12. The van der Waals surface area contributed by atoms with Gasteiger partial charge in [0.05, 0.1) is 6.04 Å². The molecule has 2 rings (SSSR count). The van der Waals surface area contributed by atoms with Crippen LogP contribution in [0.5, 0.6) is 0 Å². The second-order valence-corrected chi connectivity index (χ2v) is 3.25. The van der Waals surface area contributed by atoms with Crippen molar-refractivity contribution in [3.8, 4) is 0 Å². The number of aryl methyl sites for hydroxylation is 1. The van der Waals surface area contributed by atoms with Gasteiger partial charge in [-0.05, 0) is 6.92 Å². The number of fused-ring (bicyclic) bond motifs is 1. The molecule has 6 heteroatoms. The van der Waals surface area contributed by atoms with Crippen LogP contribution in [0.4, 0.5) is 0 Å². The van der Waals surface area contributed by atoms with E-state index in [2.05, 4.69) is 10.2 Å². The van der Waals surface area contributed by atoms with Crippen molar-refractivity contribution in [1.82, 2.24) is 19.2 Å². The summed E-state index contributed by atoms with van der Waals surface area (Å²) in [4.78, 5) is 11.6. The van der Waals surface area contributed by atoms with Crippen LogP contribution in [0.25, 0.3) is 5.65 Å². The quantitative estimate of drug-likeness (QED) is 0.659. The Kier molecular flexibility index (Phi) is 1.85. The van der Waals surface area contributed by atoms with Gasteiger partial charge >= 0.3 is 0 Å². The van der Waals surface area contributed by atoms with Gasteiger partial charge in [-0.15, -0.1) is 10.2 Å². The zero-order valence-corrected chi connectivity index (χ0v) is 8.01. The highest BCUT2D eigenvalue weighted by Crippen LogP contribution is 2.05. The molecule has 0 aliphatic carbocycles. The molecule has 0 unspecified atom stereocenters. The van der Waals surface area contributed by atoms with Crippen molar-refractivity contribution in [3.63, 3.8) is 0 Å². The Morgan fingerprint density at radius 2 is 2.14 bits per heavy atom. The Labute approximate surface area is 80.0 Å². The molecular weight excluding hydrogens is 182 g/mol. The first-order valence-electron chi connectivity index (χ1n) is 4.27. The standard InChI is InChI=1S/C8H11N5O/c1-5(9)6-10-11-7-8(14)12(2)3-4-13(6)7/h3-5H,9H2,1-2H3/t5-/m0/s1. The second kappa shape index (κ2) is 2.91. The van der Waals surface area contributed by atoms with Crippen LogP contribution < -0.4 is 11.3 Å². The van der Waals surface area contributed by atoms with E-state index in [1.807, 2.05) is 0 Å². The van der Waals surface area contributed by atoms with E-state index >= 15 is 0 Å². The lowest BCUT2D eigenvalue weighted by Gasteiger charge is -2.02. The molecule has 6 nitrogen and oxygen atoms in total. The van der Waals surface area contributed by atoms with Gasteiger partial charge in [0.25, 0.3) is 5.56 Å². The average molecular weight is 193 g/mol. The van der Waals surface area contributed by atoms with Crippen molar-refractivity contribution in [2.45, 2.75) is 13.0 Å². The van der Waals surface area contributed by atoms with Gasteiger partial charge in [-0.2, -0.15) is 0 Å². The number of nitrogens with zero attached hydrogens (tertiary/aromatic N) is 4. The normalized spacial score (nSPS) is 13.4. The first-order chi connectivity index (χ1) is 6.61. The average Bonchev–Trinajstić information content (AvgIpc) is 2.55. The van der Waals surface area contributed by atoms with Crippen molar-refractivity contribution >= 4 is 5.65 Å². The van der Waals surface area contributed by atoms with Gasteiger partial charge in [0.2, 0.25) is 5.65 Å². The van der Waals surface area contributed by atoms with Gasteiger partial charge in [0.1, 0.15) is 0 Å². The van der Waals surface area contributed by atoms with Gasteiger partial charge < -0.3 is 10.3 Å². The number of hydrogen-bond acceptors (Lipinski definition) is 4. The first kappa shape index (κ1) is 8.89. The smallest absolute Gasteiger partial charge is 0.295 e. The molecule has 74 valence electrons. The maximum absolute atomic E-state index is 11.6. The molecule has 0 aliphatic rings. The Morgan fingerprint density at radius 3 is 2.79 bits per heavy atom. The molecule has 0 bridgehead atoms. The van der Waals surface area contributed by atoms with E-state index in [0.717, 1.165) is 0 Å². The largest absolute Gasteiger partial charge is 0.322 e. The van der Waals surface area contributed by atoms with E-state index in [-0.39, 0.29) is 11.6 Å². The van der Waals surface area contributed by atoms with Crippen molar-refractivity contribution in [2.24, 2.45) is 12.8 Å². The Morgan fingerprint density at radius 1 is 1.43 bits per heavy atom. The van der Waals surface area contributed by atoms with Gasteiger partial charge in [0.15, 0.2) is 5.82 Å². The molecule has 2 heterocycles. The fourth-order valence-corrected chi connectivity index (χ4v) is 1.30. The van der Waals surface area contributed by atoms with E-state index in [0.29, 0.717) is 11.5 Å². The van der Waals surface area contributed by atoms with Crippen LogP contribution in [0.3, 0.4) is 0 Å². The molecule has 1 atom stereocenters. The van der Waals surface area contributed by atoms with Gasteiger partial charge in [-0.3, -0.25) is 9.20 Å². The zero-order chi connectivity index (χ0) is 10.3.